The maximum Gasteiger partial charge on any atom is 0.238 e. The fourth-order valence-electron chi connectivity index (χ4n) is 3.09. The molecular formula is C22H26N2O2S. The minimum absolute atomic E-state index is 0.0167. The second-order valence-electron chi connectivity index (χ2n) is 7.75. The molecule has 0 saturated carbocycles. The molecule has 4 nitrogen and oxygen atoms in total. The van der Waals surface area contributed by atoms with Gasteiger partial charge in [0.05, 0.1) is 5.75 Å². The molecule has 2 aromatic rings. The Hall–Kier alpha value is -2.27. The maximum absolute atomic E-state index is 12.6. The van der Waals surface area contributed by atoms with Crippen molar-refractivity contribution in [2.75, 3.05) is 16.0 Å². The Kier molecular flexibility index (Phi) is 5.61. The number of benzene rings is 2. The smallest absolute Gasteiger partial charge is 0.238 e. The zero-order valence-electron chi connectivity index (χ0n) is 16.3. The molecule has 1 aliphatic rings. The first kappa shape index (κ1) is 19.5. The lowest BCUT2D eigenvalue weighted by Crippen LogP contribution is -2.28. The molecule has 0 unspecified atom stereocenters. The summed E-state index contributed by atoms with van der Waals surface area (Å²) in [5.74, 6) is 0.547. The van der Waals surface area contributed by atoms with E-state index in [1.807, 2.05) is 48.2 Å². The molecule has 2 aromatic carbocycles. The van der Waals surface area contributed by atoms with E-state index in [1.165, 1.54) is 5.56 Å². The lowest BCUT2D eigenvalue weighted by atomic mass is 9.87. The summed E-state index contributed by atoms with van der Waals surface area (Å²) in [7, 11) is 0. The van der Waals surface area contributed by atoms with Gasteiger partial charge in [-0.2, -0.15) is 0 Å². The van der Waals surface area contributed by atoms with Crippen molar-refractivity contribution in [1.82, 2.24) is 0 Å². The van der Waals surface area contributed by atoms with E-state index in [0.29, 0.717) is 12.2 Å². The summed E-state index contributed by atoms with van der Waals surface area (Å²) in [5, 5.41) is 2.81. The number of hydrogen-bond acceptors (Lipinski definition) is 3. The van der Waals surface area contributed by atoms with Gasteiger partial charge in [0.1, 0.15) is 5.37 Å². The van der Waals surface area contributed by atoms with Crippen molar-refractivity contribution < 1.29 is 9.59 Å². The van der Waals surface area contributed by atoms with Crippen molar-refractivity contribution in [2.24, 2.45) is 0 Å². The van der Waals surface area contributed by atoms with Gasteiger partial charge in [0, 0.05) is 17.8 Å². The standard InChI is InChI=1S/C22H26N2O2S/c1-5-19(25)23-17-8-6-7-15(13-17)21-24(20(26)14-27-21)18-11-9-16(10-12-18)22(2,3)4/h6-13,21H,5,14H2,1-4H3,(H,23,25)/t21-/m0/s1. The highest BCUT2D eigenvalue weighted by Gasteiger charge is 2.34. The molecule has 27 heavy (non-hydrogen) atoms. The fourth-order valence-corrected chi connectivity index (χ4v) is 4.26. The Balaban J connectivity index is 1.89. The summed E-state index contributed by atoms with van der Waals surface area (Å²) in [4.78, 5) is 26.1. The van der Waals surface area contributed by atoms with Gasteiger partial charge in [0.15, 0.2) is 0 Å². The third-order valence-electron chi connectivity index (χ3n) is 4.66. The molecular weight excluding hydrogens is 356 g/mol. The zero-order chi connectivity index (χ0) is 19.6. The normalized spacial score (nSPS) is 17.3. The molecule has 5 heteroatoms. The molecule has 2 amide bonds. The van der Waals surface area contributed by atoms with Crippen molar-refractivity contribution in [3.63, 3.8) is 0 Å². The summed E-state index contributed by atoms with van der Waals surface area (Å²) in [5.41, 5.74) is 4.01. The number of thioether (sulfide) groups is 1. The van der Waals surface area contributed by atoms with Crippen LogP contribution >= 0.6 is 11.8 Å². The first-order valence-corrected chi connectivity index (χ1v) is 10.3. The van der Waals surface area contributed by atoms with E-state index < -0.39 is 0 Å². The van der Waals surface area contributed by atoms with Gasteiger partial charge in [-0.25, -0.2) is 0 Å². The van der Waals surface area contributed by atoms with Crippen LogP contribution in [0, 0.1) is 0 Å². The average Bonchev–Trinajstić information content (AvgIpc) is 3.02. The quantitative estimate of drug-likeness (QED) is 0.799. The van der Waals surface area contributed by atoms with Crippen LogP contribution in [-0.4, -0.2) is 17.6 Å². The molecule has 0 aromatic heterocycles. The predicted molar refractivity (Wildman–Crippen MR) is 113 cm³/mol. The molecule has 0 spiro atoms. The SMILES string of the molecule is CCC(=O)Nc1cccc([C@@H]2SCC(=O)N2c2ccc(C(C)(C)C)cc2)c1. The summed E-state index contributed by atoms with van der Waals surface area (Å²) < 4.78 is 0. The van der Waals surface area contributed by atoms with Gasteiger partial charge in [-0.3, -0.25) is 14.5 Å². The van der Waals surface area contributed by atoms with Crippen LogP contribution < -0.4 is 10.2 Å². The van der Waals surface area contributed by atoms with Crippen molar-refractivity contribution in [3.8, 4) is 0 Å². The summed E-state index contributed by atoms with van der Waals surface area (Å²) in [6.45, 7) is 8.36. The summed E-state index contributed by atoms with van der Waals surface area (Å²) in [6.07, 6.45) is 0.438. The van der Waals surface area contributed by atoms with E-state index in [2.05, 4.69) is 38.2 Å². The van der Waals surface area contributed by atoms with Gasteiger partial charge in [0.2, 0.25) is 11.8 Å². The van der Waals surface area contributed by atoms with E-state index in [9.17, 15) is 9.59 Å². The van der Waals surface area contributed by atoms with Crippen molar-refractivity contribution >= 4 is 35.0 Å². The van der Waals surface area contributed by atoms with Gasteiger partial charge in [-0.15, -0.1) is 11.8 Å². The summed E-state index contributed by atoms with van der Waals surface area (Å²) in [6, 6.07) is 16.0. The minimum atomic E-state index is -0.0866. The Morgan fingerprint density at radius 3 is 2.52 bits per heavy atom. The molecule has 1 N–H and O–H groups in total. The topological polar surface area (TPSA) is 49.4 Å². The van der Waals surface area contributed by atoms with Crippen LogP contribution in [0.3, 0.4) is 0 Å². The second kappa shape index (κ2) is 7.77. The van der Waals surface area contributed by atoms with Crippen LogP contribution in [-0.2, 0) is 15.0 Å². The van der Waals surface area contributed by atoms with Gasteiger partial charge >= 0.3 is 0 Å². The number of carbonyl (C=O) groups is 2. The maximum atomic E-state index is 12.6. The van der Waals surface area contributed by atoms with Crippen LogP contribution in [0.15, 0.2) is 48.5 Å². The summed E-state index contributed by atoms with van der Waals surface area (Å²) >= 11 is 1.61. The first-order valence-electron chi connectivity index (χ1n) is 9.23. The van der Waals surface area contributed by atoms with Crippen LogP contribution in [0.25, 0.3) is 0 Å². The highest BCUT2D eigenvalue weighted by atomic mass is 32.2. The molecule has 1 aliphatic heterocycles. The fraction of sp³-hybridized carbons (Fsp3) is 0.364. The van der Waals surface area contributed by atoms with E-state index in [0.717, 1.165) is 16.9 Å². The highest BCUT2D eigenvalue weighted by Crippen LogP contribution is 2.42. The van der Waals surface area contributed by atoms with Crippen LogP contribution in [0.1, 0.15) is 50.6 Å². The molecule has 1 saturated heterocycles. The largest absolute Gasteiger partial charge is 0.326 e. The molecule has 3 rings (SSSR count). The molecule has 1 heterocycles. The van der Waals surface area contributed by atoms with E-state index >= 15 is 0 Å². The lowest BCUT2D eigenvalue weighted by molar-refractivity contribution is -0.116. The Bertz CT molecular complexity index is 840. The molecule has 142 valence electrons. The molecule has 0 bridgehead atoms. The molecule has 0 aliphatic carbocycles. The molecule has 1 atom stereocenters. The number of anilines is 2. The lowest BCUT2D eigenvalue weighted by Gasteiger charge is -2.26. The number of rotatable bonds is 4. The van der Waals surface area contributed by atoms with Gasteiger partial charge < -0.3 is 5.32 Å². The molecule has 0 radical (unpaired) electrons. The first-order chi connectivity index (χ1) is 12.8. The van der Waals surface area contributed by atoms with Gasteiger partial charge in [0.25, 0.3) is 0 Å². The second-order valence-corrected chi connectivity index (χ2v) is 8.82. The number of hydrogen-bond donors (Lipinski definition) is 1. The number of nitrogens with zero attached hydrogens (tertiary/aromatic N) is 1. The van der Waals surface area contributed by atoms with Crippen molar-refractivity contribution in [1.29, 1.82) is 0 Å². The number of carbonyl (C=O) groups excluding carboxylic acids is 2. The predicted octanol–water partition coefficient (Wildman–Crippen LogP) is 5.11. The Labute approximate surface area is 165 Å². The zero-order valence-corrected chi connectivity index (χ0v) is 17.1. The van der Waals surface area contributed by atoms with Crippen LogP contribution in [0.2, 0.25) is 0 Å². The van der Waals surface area contributed by atoms with E-state index in [-0.39, 0.29) is 22.6 Å². The average molecular weight is 383 g/mol. The third kappa shape index (κ3) is 4.35. The van der Waals surface area contributed by atoms with Crippen LogP contribution in [0.4, 0.5) is 11.4 Å². The number of amides is 2. The van der Waals surface area contributed by atoms with Crippen molar-refractivity contribution in [3.05, 3.63) is 59.7 Å². The highest BCUT2D eigenvalue weighted by molar-refractivity contribution is 8.00. The Morgan fingerprint density at radius 1 is 1.19 bits per heavy atom. The van der Waals surface area contributed by atoms with Crippen LogP contribution in [0.5, 0.6) is 0 Å². The number of nitrogens with one attached hydrogen (secondary N) is 1. The monoisotopic (exact) mass is 382 g/mol. The van der Waals surface area contributed by atoms with Gasteiger partial charge in [-0.1, -0.05) is 52.0 Å². The Morgan fingerprint density at radius 2 is 1.89 bits per heavy atom. The minimum Gasteiger partial charge on any atom is -0.326 e. The van der Waals surface area contributed by atoms with Crippen molar-refractivity contribution in [2.45, 2.75) is 44.9 Å². The molecule has 1 fully saturated rings. The van der Waals surface area contributed by atoms with E-state index in [4.69, 9.17) is 0 Å². The van der Waals surface area contributed by atoms with Gasteiger partial charge in [-0.05, 0) is 40.8 Å². The third-order valence-corrected chi connectivity index (χ3v) is 5.87. The van der Waals surface area contributed by atoms with E-state index in [1.54, 1.807) is 11.8 Å².